The molecule has 6 heteroatoms. The summed E-state index contributed by atoms with van der Waals surface area (Å²) in [6.07, 6.45) is -0.738. The molecule has 0 saturated carbocycles. The van der Waals surface area contributed by atoms with Gasteiger partial charge in [-0.15, -0.1) is 0 Å². The average Bonchev–Trinajstić information content (AvgIpc) is 2.61. The molecule has 0 saturated heterocycles. The predicted octanol–water partition coefficient (Wildman–Crippen LogP) is 2.32. The van der Waals surface area contributed by atoms with Crippen LogP contribution in [0.15, 0.2) is 48.5 Å². The molecule has 0 heterocycles. The number of hydrogen-bond donors (Lipinski definition) is 2. The highest BCUT2D eigenvalue weighted by atomic mass is 16.5. The van der Waals surface area contributed by atoms with Crippen molar-refractivity contribution in [3.8, 4) is 11.8 Å². The molecule has 0 bridgehead atoms. The fourth-order valence-corrected chi connectivity index (χ4v) is 1.99. The van der Waals surface area contributed by atoms with Crippen LogP contribution in [0.3, 0.4) is 0 Å². The van der Waals surface area contributed by atoms with E-state index in [0.29, 0.717) is 22.6 Å². The number of nitriles is 1. The van der Waals surface area contributed by atoms with Crippen LogP contribution < -0.4 is 15.4 Å². The fourth-order valence-electron chi connectivity index (χ4n) is 1.99. The zero-order valence-corrected chi connectivity index (χ0v) is 13.4. The summed E-state index contributed by atoms with van der Waals surface area (Å²) >= 11 is 0. The van der Waals surface area contributed by atoms with E-state index in [0.717, 1.165) is 0 Å². The largest absolute Gasteiger partial charge is 0.481 e. The van der Waals surface area contributed by atoms with E-state index in [9.17, 15) is 9.59 Å². The number of amides is 2. The molecule has 0 radical (unpaired) electrons. The molecule has 6 nitrogen and oxygen atoms in total. The van der Waals surface area contributed by atoms with Crippen LogP contribution in [-0.2, 0) is 4.79 Å². The van der Waals surface area contributed by atoms with Gasteiger partial charge in [0, 0.05) is 18.3 Å². The summed E-state index contributed by atoms with van der Waals surface area (Å²) in [5.41, 5.74) is 1.53. The van der Waals surface area contributed by atoms with E-state index < -0.39 is 6.10 Å². The van der Waals surface area contributed by atoms with Crippen LogP contribution in [0.5, 0.6) is 5.75 Å². The lowest BCUT2D eigenvalue weighted by Gasteiger charge is -2.15. The Bertz CT molecular complexity index is 779. The van der Waals surface area contributed by atoms with Gasteiger partial charge in [-0.05, 0) is 49.4 Å². The molecule has 2 aromatic rings. The third kappa shape index (κ3) is 4.34. The monoisotopic (exact) mass is 323 g/mol. The van der Waals surface area contributed by atoms with Gasteiger partial charge in [0.15, 0.2) is 6.10 Å². The smallest absolute Gasteiger partial charge is 0.265 e. The first-order chi connectivity index (χ1) is 11.5. The molecular weight excluding hydrogens is 306 g/mol. The normalized spacial score (nSPS) is 11.0. The summed E-state index contributed by atoms with van der Waals surface area (Å²) in [7, 11) is 1.55. The average molecular weight is 323 g/mol. The van der Waals surface area contributed by atoms with Crippen LogP contribution in [0.25, 0.3) is 0 Å². The standard InChI is InChI=1S/C18H17N3O3/c1-12(24-16-5-3-4-13(10-16)11-19)17(22)21-15-8-6-14(7-9-15)18(23)20-2/h3-10,12H,1-2H3,(H,20,23)(H,21,22). The van der Waals surface area contributed by atoms with Gasteiger partial charge >= 0.3 is 0 Å². The Morgan fingerprint density at radius 3 is 2.50 bits per heavy atom. The zero-order valence-electron chi connectivity index (χ0n) is 13.4. The minimum Gasteiger partial charge on any atom is -0.481 e. The first-order valence-corrected chi connectivity index (χ1v) is 7.33. The van der Waals surface area contributed by atoms with Crippen LogP contribution >= 0.6 is 0 Å². The Morgan fingerprint density at radius 1 is 1.17 bits per heavy atom. The van der Waals surface area contributed by atoms with Crippen LogP contribution in [0.2, 0.25) is 0 Å². The molecule has 2 N–H and O–H groups in total. The molecule has 0 fully saturated rings. The van der Waals surface area contributed by atoms with Crippen molar-refractivity contribution in [3.05, 3.63) is 59.7 Å². The number of rotatable bonds is 5. The fraction of sp³-hybridized carbons (Fsp3) is 0.167. The van der Waals surface area contributed by atoms with Crippen LogP contribution in [-0.4, -0.2) is 25.0 Å². The van der Waals surface area contributed by atoms with E-state index in [1.165, 1.54) is 0 Å². The maximum absolute atomic E-state index is 12.2. The Hall–Kier alpha value is -3.33. The van der Waals surface area contributed by atoms with Gasteiger partial charge in [0.05, 0.1) is 11.6 Å². The van der Waals surface area contributed by atoms with E-state index in [-0.39, 0.29) is 11.8 Å². The van der Waals surface area contributed by atoms with Crippen LogP contribution in [0.1, 0.15) is 22.8 Å². The summed E-state index contributed by atoms with van der Waals surface area (Å²) in [4.78, 5) is 23.6. The first kappa shape index (κ1) is 17.0. The lowest BCUT2D eigenvalue weighted by molar-refractivity contribution is -0.122. The van der Waals surface area contributed by atoms with E-state index in [2.05, 4.69) is 10.6 Å². The van der Waals surface area contributed by atoms with Crippen molar-refractivity contribution in [3.63, 3.8) is 0 Å². The Kier molecular flexibility index (Phi) is 5.53. The summed E-state index contributed by atoms with van der Waals surface area (Å²) in [5.74, 6) is -0.0707. The van der Waals surface area contributed by atoms with Crippen molar-refractivity contribution in [2.45, 2.75) is 13.0 Å². The quantitative estimate of drug-likeness (QED) is 0.883. The molecule has 122 valence electrons. The van der Waals surface area contributed by atoms with Crippen molar-refractivity contribution in [1.82, 2.24) is 5.32 Å². The second-order valence-corrected chi connectivity index (χ2v) is 5.05. The van der Waals surface area contributed by atoms with E-state index in [1.54, 1.807) is 62.5 Å². The number of carbonyl (C=O) groups is 2. The number of carbonyl (C=O) groups excluding carboxylic acids is 2. The minimum absolute atomic E-state index is 0.193. The third-order valence-electron chi connectivity index (χ3n) is 3.29. The molecule has 0 aliphatic heterocycles. The Balaban J connectivity index is 1.98. The van der Waals surface area contributed by atoms with Crippen molar-refractivity contribution >= 4 is 17.5 Å². The van der Waals surface area contributed by atoms with Crippen LogP contribution in [0.4, 0.5) is 5.69 Å². The van der Waals surface area contributed by atoms with Crippen molar-refractivity contribution in [1.29, 1.82) is 5.26 Å². The van der Waals surface area contributed by atoms with Gasteiger partial charge in [-0.2, -0.15) is 5.26 Å². The molecule has 0 spiro atoms. The molecule has 0 aromatic heterocycles. The van der Waals surface area contributed by atoms with E-state index >= 15 is 0 Å². The van der Waals surface area contributed by atoms with Gasteiger partial charge in [0.2, 0.25) is 0 Å². The molecule has 0 aliphatic rings. The van der Waals surface area contributed by atoms with Gasteiger partial charge in [-0.1, -0.05) is 6.07 Å². The highest BCUT2D eigenvalue weighted by molar-refractivity contribution is 5.96. The molecule has 2 amide bonds. The predicted molar refractivity (Wildman–Crippen MR) is 89.7 cm³/mol. The van der Waals surface area contributed by atoms with Gasteiger partial charge in [0.25, 0.3) is 11.8 Å². The number of hydrogen-bond acceptors (Lipinski definition) is 4. The van der Waals surface area contributed by atoms with Crippen LogP contribution in [0, 0.1) is 11.3 Å². The minimum atomic E-state index is -0.738. The lowest BCUT2D eigenvalue weighted by Crippen LogP contribution is -2.30. The number of nitrogens with one attached hydrogen (secondary N) is 2. The maximum Gasteiger partial charge on any atom is 0.265 e. The van der Waals surface area contributed by atoms with E-state index in [4.69, 9.17) is 10.00 Å². The highest BCUT2D eigenvalue weighted by Gasteiger charge is 2.15. The summed E-state index contributed by atoms with van der Waals surface area (Å²) in [6, 6.07) is 15.2. The summed E-state index contributed by atoms with van der Waals surface area (Å²) in [6.45, 7) is 1.62. The van der Waals surface area contributed by atoms with Crippen molar-refractivity contribution in [2.75, 3.05) is 12.4 Å². The number of ether oxygens (including phenoxy) is 1. The number of anilines is 1. The second-order valence-electron chi connectivity index (χ2n) is 5.05. The Morgan fingerprint density at radius 2 is 1.88 bits per heavy atom. The highest BCUT2D eigenvalue weighted by Crippen LogP contribution is 2.16. The van der Waals surface area contributed by atoms with Crippen molar-refractivity contribution in [2.24, 2.45) is 0 Å². The second kappa shape index (κ2) is 7.79. The van der Waals surface area contributed by atoms with Gasteiger partial charge in [-0.3, -0.25) is 9.59 Å². The molecule has 0 aliphatic carbocycles. The molecule has 2 aromatic carbocycles. The third-order valence-corrected chi connectivity index (χ3v) is 3.29. The van der Waals surface area contributed by atoms with E-state index in [1.807, 2.05) is 6.07 Å². The zero-order chi connectivity index (χ0) is 17.5. The van der Waals surface area contributed by atoms with Gasteiger partial charge in [-0.25, -0.2) is 0 Å². The topological polar surface area (TPSA) is 91.2 Å². The summed E-state index contributed by atoms with van der Waals surface area (Å²) in [5, 5.41) is 14.1. The number of benzene rings is 2. The first-order valence-electron chi connectivity index (χ1n) is 7.33. The summed E-state index contributed by atoms with van der Waals surface area (Å²) < 4.78 is 5.54. The lowest BCUT2D eigenvalue weighted by atomic mass is 10.2. The molecular formula is C18H17N3O3. The molecule has 2 rings (SSSR count). The number of nitrogens with zero attached hydrogens (tertiary/aromatic N) is 1. The molecule has 1 atom stereocenters. The van der Waals surface area contributed by atoms with Crippen molar-refractivity contribution < 1.29 is 14.3 Å². The Labute approximate surface area is 140 Å². The molecule has 24 heavy (non-hydrogen) atoms. The maximum atomic E-state index is 12.2. The van der Waals surface area contributed by atoms with Gasteiger partial charge < -0.3 is 15.4 Å². The SMILES string of the molecule is CNC(=O)c1ccc(NC(=O)C(C)Oc2cccc(C#N)c2)cc1. The molecule has 1 unspecified atom stereocenters. The van der Waals surface area contributed by atoms with Gasteiger partial charge in [0.1, 0.15) is 5.75 Å².